The lowest BCUT2D eigenvalue weighted by Crippen LogP contribution is -2.26. The van der Waals surface area contributed by atoms with Crippen LogP contribution in [0.15, 0.2) is 47.4 Å². The predicted molar refractivity (Wildman–Crippen MR) is 94.4 cm³/mol. The van der Waals surface area contributed by atoms with Gasteiger partial charge in [-0.05, 0) is 35.9 Å². The van der Waals surface area contributed by atoms with Crippen molar-refractivity contribution in [1.29, 1.82) is 0 Å². The molecule has 0 unspecified atom stereocenters. The summed E-state index contributed by atoms with van der Waals surface area (Å²) in [5.41, 5.74) is 0.771. The van der Waals surface area contributed by atoms with Crippen LogP contribution in [0.2, 0.25) is 5.02 Å². The SMILES string of the molecule is COC(=O)c1cc(S(=O)(=O)N(C)Cc2cccc(OC)c2)ccc1Cl. The van der Waals surface area contributed by atoms with Gasteiger partial charge >= 0.3 is 5.97 Å². The Bertz CT molecular complexity index is 882. The van der Waals surface area contributed by atoms with E-state index < -0.39 is 16.0 Å². The van der Waals surface area contributed by atoms with E-state index in [1.807, 2.05) is 0 Å². The second-order valence-electron chi connectivity index (χ2n) is 5.25. The number of methoxy groups -OCH3 is 2. The molecule has 0 N–H and O–H groups in total. The molecule has 0 heterocycles. The molecule has 8 heteroatoms. The summed E-state index contributed by atoms with van der Waals surface area (Å²) in [6.07, 6.45) is 0. The first-order valence-electron chi connectivity index (χ1n) is 7.26. The Labute approximate surface area is 152 Å². The van der Waals surface area contributed by atoms with Crippen molar-refractivity contribution >= 4 is 27.6 Å². The molecule has 6 nitrogen and oxygen atoms in total. The summed E-state index contributed by atoms with van der Waals surface area (Å²) < 4.78 is 36.5. The first kappa shape index (κ1) is 19.2. The zero-order valence-electron chi connectivity index (χ0n) is 14.0. The lowest BCUT2D eigenvalue weighted by atomic mass is 10.2. The monoisotopic (exact) mass is 383 g/mol. The Balaban J connectivity index is 2.32. The van der Waals surface area contributed by atoms with Gasteiger partial charge in [-0.1, -0.05) is 23.7 Å². The van der Waals surface area contributed by atoms with Crippen LogP contribution in [0.4, 0.5) is 0 Å². The van der Waals surface area contributed by atoms with Crippen molar-refractivity contribution in [1.82, 2.24) is 4.31 Å². The number of carbonyl (C=O) groups is 1. The van der Waals surface area contributed by atoms with Crippen molar-refractivity contribution in [3.63, 3.8) is 0 Å². The Hall–Kier alpha value is -2.09. The van der Waals surface area contributed by atoms with E-state index in [9.17, 15) is 13.2 Å². The van der Waals surface area contributed by atoms with E-state index in [2.05, 4.69) is 4.74 Å². The largest absolute Gasteiger partial charge is 0.497 e. The van der Waals surface area contributed by atoms with Gasteiger partial charge in [0.1, 0.15) is 5.75 Å². The number of ether oxygens (including phenoxy) is 2. The number of rotatable bonds is 6. The van der Waals surface area contributed by atoms with Gasteiger partial charge in [0.05, 0.1) is 29.7 Å². The number of hydrogen-bond donors (Lipinski definition) is 0. The molecule has 0 aromatic heterocycles. The fraction of sp³-hybridized carbons (Fsp3) is 0.235. The van der Waals surface area contributed by atoms with E-state index in [1.54, 1.807) is 31.4 Å². The molecule has 134 valence electrons. The third kappa shape index (κ3) is 4.31. The molecule has 0 atom stereocenters. The van der Waals surface area contributed by atoms with Gasteiger partial charge in [0.2, 0.25) is 10.0 Å². The van der Waals surface area contributed by atoms with Crippen LogP contribution in [0.5, 0.6) is 5.75 Å². The molecular formula is C17H18ClNO5S. The van der Waals surface area contributed by atoms with Gasteiger partial charge in [0, 0.05) is 13.6 Å². The third-order valence-electron chi connectivity index (χ3n) is 3.59. The van der Waals surface area contributed by atoms with Gasteiger partial charge < -0.3 is 9.47 Å². The smallest absolute Gasteiger partial charge is 0.339 e. The first-order valence-corrected chi connectivity index (χ1v) is 9.08. The molecule has 2 rings (SSSR count). The second-order valence-corrected chi connectivity index (χ2v) is 7.70. The highest BCUT2D eigenvalue weighted by Gasteiger charge is 2.23. The van der Waals surface area contributed by atoms with E-state index in [0.717, 1.165) is 5.56 Å². The van der Waals surface area contributed by atoms with Crippen molar-refractivity contribution in [3.8, 4) is 5.75 Å². The first-order chi connectivity index (χ1) is 11.8. The van der Waals surface area contributed by atoms with E-state index in [0.29, 0.717) is 5.75 Å². The number of carbonyl (C=O) groups excluding carboxylic acids is 1. The van der Waals surface area contributed by atoms with Crippen LogP contribution < -0.4 is 4.74 Å². The van der Waals surface area contributed by atoms with Crippen LogP contribution in [0.25, 0.3) is 0 Å². The van der Waals surface area contributed by atoms with Gasteiger partial charge in [0.25, 0.3) is 0 Å². The summed E-state index contributed by atoms with van der Waals surface area (Å²) in [4.78, 5) is 11.7. The van der Waals surface area contributed by atoms with Gasteiger partial charge in [0.15, 0.2) is 0 Å². The topological polar surface area (TPSA) is 72.9 Å². The van der Waals surface area contributed by atoms with Crippen molar-refractivity contribution < 1.29 is 22.7 Å². The molecule has 2 aromatic carbocycles. The zero-order valence-corrected chi connectivity index (χ0v) is 15.6. The predicted octanol–water partition coefficient (Wildman–Crippen LogP) is 2.96. The molecule has 0 bridgehead atoms. The Morgan fingerprint density at radius 3 is 2.52 bits per heavy atom. The van der Waals surface area contributed by atoms with Crippen molar-refractivity contribution in [2.75, 3.05) is 21.3 Å². The number of esters is 1. The fourth-order valence-electron chi connectivity index (χ4n) is 2.22. The quantitative estimate of drug-likeness (QED) is 0.717. The van der Waals surface area contributed by atoms with E-state index in [4.69, 9.17) is 16.3 Å². The summed E-state index contributed by atoms with van der Waals surface area (Å²) in [5, 5.41) is 0.126. The van der Waals surface area contributed by atoms with E-state index in [1.165, 1.54) is 36.7 Å². The Morgan fingerprint density at radius 2 is 1.88 bits per heavy atom. The number of sulfonamides is 1. The Kier molecular flexibility index (Phi) is 6.05. The molecule has 0 radical (unpaired) electrons. The minimum Gasteiger partial charge on any atom is -0.497 e. The van der Waals surface area contributed by atoms with Gasteiger partial charge in [-0.3, -0.25) is 0 Å². The van der Waals surface area contributed by atoms with Crippen molar-refractivity contribution in [2.24, 2.45) is 0 Å². The van der Waals surface area contributed by atoms with Crippen molar-refractivity contribution in [2.45, 2.75) is 11.4 Å². The highest BCUT2D eigenvalue weighted by atomic mass is 35.5. The maximum absolute atomic E-state index is 12.8. The summed E-state index contributed by atoms with van der Waals surface area (Å²) in [5.74, 6) is -0.0553. The molecule has 0 saturated carbocycles. The number of benzene rings is 2. The van der Waals surface area contributed by atoms with Crippen LogP contribution in [0, 0.1) is 0 Å². The number of hydrogen-bond acceptors (Lipinski definition) is 5. The summed E-state index contributed by atoms with van der Waals surface area (Å²) in [6.45, 7) is 0.149. The minimum atomic E-state index is -3.81. The molecule has 0 aliphatic carbocycles. The van der Waals surface area contributed by atoms with Crippen LogP contribution in [0.1, 0.15) is 15.9 Å². The lowest BCUT2D eigenvalue weighted by Gasteiger charge is -2.18. The maximum Gasteiger partial charge on any atom is 0.339 e. The second kappa shape index (κ2) is 7.86. The third-order valence-corrected chi connectivity index (χ3v) is 5.72. The van der Waals surface area contributed by atoms with E-state index in [-0.39, 0.29) is 22.0 Å². The van der Waals surface area contributed by atoms with Crippen LogP contribution in [-0.4, -0.2) is 40.0 Å². The normalized spacial score (nSPS) is 11.4. The fourth-order valence-corrected chi connectivity index (χ4v) is 3.60. The standard InChI is InChI=1S/C17H18ClNO5S/c1-19(11-12-5-4-6-13(9-12)23-2)25(21,22)14-7-8-16(18)15(10-14)17(20)24-3/h4-10H,11H2,1-3H3. The van der Waals surface area contributed by atoms with Gasteiger partial charge in [-0.2, -0.15) is 4.31 Å². The molecule has 0 aliphatic heterocycles. The Morgan fingerprint density at radius 1 is 1.16 bits per heavy atom. The maximum atomic E-state index is 12.8. The van der Waals surface area contributed by atoms with Gasteiger partial charge in [-0.25, -0.2) is 13.2 Å². The van der Waals surface area contributed by atoms with Gasteiger partial charge in [-0.15, -0.1) is 0 Å². The average Bonchev–Trinajstić information content (AvgIpc) is 2.61. The minimum absolute atomic E-state index is 0.0000204. The molecule has 0 amide bonds. The molecule has 25 heavy (non-hydrogen) atoms. The summed E-state index contributed by atoms with van der Waals surface area (Å²) in [6, 6.07) is 11.0. The zero-order chi connectivity index (χ0) is 18.6. The number of nitrogens with zero attached hydrogens (tertiary/aromatic N) is 1. The average molecular weight is 384 g/mol. The highest BCUT2D eigenvalue weighted by Crippen LogP contribution is 2.24. The summed E-state index contributed by atoms with van der Waals surface area (Å²) >= 11 is 5.94. The number of halogens is 1. The molecule has 0 saturated heterocycles. The van der Waals surface area contributed by atoms with Crippen LogP contribution in [0.3, 0.4) is 0 Å². The van der Waals surface area contributed by atoms with Crippen LogP contribution >= 0.6 is 11.6 Å². The highest BCUT2D eigenvalue weighted by molar-refractivity contribution is 7.89. The molecule has 0 aliphatic rings. The molecule has 0 fully saturated rings. The van der Waals surface area contributed by atoms with Crippen LogP contribution in [-0.2, 0) is 21.3 Å². The van der Waals surface area contributed by atoms with E-state index >= 15 is 0 Å². The molecular weight excluding hydrogens is 366 g/mol. The molecule has 2 aromatic rings. The van der Waals surface area contributed by atoms with Crippen molar-refractivity contribution in [3.05, 3.63) is 58.6 Å². The lowest BCUT2D eigenvalue weighted by molar-refractivity contribution is 0.0600. The summed E-state index contributed by atoms with van der Waals surface area (Å²) in [7, 11) is 0.394. The molecule has 0 spiro atoms.